The second-order valence-electron chi connectivity index (χ2n) is 2.81. The van der Waals surface area contributed by atoms with E-state index < -0.39 is 0 Å². The predicted octanol–water partition coefficient (Wildman–Crippen LogP) is 2.22. The van der Waals surface area contributed by atoms with Gasteiger partial charge in [0.15, 0.2) is 0 Å². The third-order valence-electron chi connectivity index (χ3n) is 1.90. The van der Waals surface area contributed by atoms with Crippen molar-refractivity contribution < 1.29 is 5.11 Å². The van der Waals surface area contributed by atoms with Crippen molar-refractivity contribution in [3.05, 3.63) is 29.0 Å². The van der Waals surface area contributed by atoms with Crippen LogP contribution in [0.4, 0.5) is 0 Å². The molecule has 0 saturated carbocycles. The zero-order chi connectivity index (χ0) is 8.97. The lowest BCUT2D eigenvalue weighted by atomic mass is 10.00. The van der Waals surface area contributed by atoms with E-state index in [9.17, 15) is 0 Å². The van der Waals surface area contributed by atoms with Gasteiger partial charge in [-0.15, -0.1) is 0 Å². The first-order valence-corrected chi connectivity index (χ1v) is 4.33. The van der Waals surface area contributed by atoms with Crippen LogP contribution in [0.1, 0.15) is 24.8 Å². The van der Waals surface area contributed by atoms with E-state index in [1.807, 2.05) is 13.0 Å². The number of rotatable bonds is 3. The maximum atomic E-state index is 8.73. The number of pyridine rings is 1. The number of aromatic nitrogens is 1. The van der Waals surface area contributed by atoms with E-state index in [-0.39, 0.29) is 6.61 Å². The van der Waals surface area contributed by atoms with Gasteiger partial charge in [-0.2, -0.15) is 0 Å². The lowest BCUT2D eigenvalue weighted by Crippen LogP contribution is -1.97. The Kier molecular flexibility index (Phi) is 3.50. The van der Waals surface area contributed by atoms with E-state index in [1.165, 1.54) is 0 Å². The van der Waals surface area contributed by atoms with Crippen LogP contribution in [0.25, 0.3) is 0 Å². The minimum Gasteiger partial charge on any atom is -0.396 e. The molecular formula is C9H12ClNO. The van der Waals surface area contributed by atoms with E-state index in [2.05, 4.69) is 4.98 Å². The normalized spacial score (nSPS) is 12.9. The number of hydrogen-bond acceptors (Lipinski definition) is 2. The average Bonchev–Trinajstić information content (AvgIpc) is 2.05. The van der Waals surface area contributed by atoms with E-state index in [0.29, 0.717) is 10.9 Å². The zero-order valence-corrected chi connectivity index (χ0v) is 7.75. The summed E-state index contributed by atoms with van der Waals surface area (Å²) in [5.74, 6) is 0.297. The van der Waals surface area contributed by atoms with Gasteiger partial charge in [0.05, 0.1) is 5.02 Å². The summed E-state index contributed by atoms with van der Waals surface area (Å²) < 4.78 is 0. The Bertz CT molecular complexity index is 252. The molecule has 0 spiro atoms. The van der Waals surface area contributed by atoms with Crippen LogP contribution in [-0.4, -0.2) is 16.7 Å². The third kappa shape index (κ3) is 2.19. The summed E-state index contributed by atoms with van der Waals surface area (Å²) in [6.07, 6.45) is 4.09. The smallest absolute Gasteiger partial charge is 0.0624 e. The molecule has 1 aromatic heterocycles. The molecule has 0 fully saturated rings. The van der Waals surface area contributed by atoms with Crippen molar-refractivity contribution in [2.75, 3.05) is 6.61 Å². The molecule has 0 aliphatic carbocycles. The van der Waals surface area contributed by atoms with Gasteiger partial charge in [0.2, 0.25) is 0 Å². The minimum absolute atomic E-state index is 0.194. The summed E-state index contributed by atoms with van der Waals surface area (Å²) in [6, 6.07) is 1.89. The van der Waals surface area contributed by atoms with Gasteiger partial charge in [-0.3, -0.25) is 4.98 Å². The van der Waals surface area contributed by atoms with Crippen molar-refractivity contribution in [2.45, 2.75) is 19.3 Å². The van der Waals surface area contributed by atoms with Crippen LogP contribution in [-0.2, 0) is 0 Å². The third-order valence-corrected chi connectivity index (χ3v) is 2.21. The molecule has 3 heteroatoms. The molecule has 0 bridgehead atoms. The SMILES string of the molecule is CC(CCO)c1ccncc1Cl. The first-order chi connectivity index (χ1) is 5.75. The van der Waals surface area contributed by atoms with Crippen LogP contribution < -0.4 is 0 Å². The van der Waals surface area contributed by atoms with Crippen LogP contribution in [0.3, 0.4) is 0 Å². The van der Waals surface area contributed by atoms with Crippen LogP contribution in [0, 0.1) is 0 Å². The number of nitrogens with zero attached hydrogens (tertiary/aromatic N) is 1. The molecule has 66 valence electrons. The topological polar surface area (TPSA) is 33.1 Å². The van der Waals surface area contributed by atoms with Gasteiger partial charge in [0, 0.05) is 19.0 Å². The zero-order valence-electron chi connectivity index (χ0n) is 7.00. The number of aliphatic hydroxyl groups excluding tert-OH is 1. The summed E-state index contributed by atoms with van der Waals surface area (Å²) in [5, 5.41) is 9.41. The van der Waals surface area contributed by atoms with Crippen molar-refractivity contribution >= 4 is 11.6 Å². The molecule has 1 atom stereocenters. The van der Waals surface area contributed by atoms with Crippen LogP contribution >= 0.6 is 11.6 Å². The van der Waals surface area contributed by atoms with E-state index >= 15 is 0 Å². The first kappa shape index (κ1) is 9.49. The summed E-state index contributed by atoms with van der Waals surface area (Å²) in [6.45, 7) is 2.23. The first-order valence-electron chi connectivity index (χ1n) is 3.96. The van der Waals surface area contributed by atoms with E-state index in [0.717, 1.165) is 12.0 Å². The van der Waals surface area contributed by atoms with Gasteiger partial charge in [-0.25, -0.2) is 0 Å². The van der Waals surface area contributed by atoms with Crippen LogP contribution in [0.15, 0.2) is 18.5 Å². The van der Waals surface area contributed by atoms with Gasteiger partial charge in [0.1, 0.15) is 0 Å². The second-order valence-corrected chi connectivity index (χ2v) is 3.22. The molecule has 0 aromatic carbocycles. The molecule has 1 heterocycles. The van der Waals surface area contributed by atoms with Crippen LogP contribution in [0.2, 0.25) is 5.02 Å². The highest BCUT2D eigenvalue weighted by molar-refractivity contribution is 6.31. The molecular weight excluding hydrogens is 174 g/mol. The Balaban J connectivity index is 2.79. The van der Waals surface area contributed by atoms with Crippen molar-refractivity contribution in [3.63, 3.8) is 0 Å². The Hall–Kier alpha value is -0.600. The summed E-state index contributed by atoms with van der Waals surface area (Å²) in [7, 11) is 0. The summed E-state index contributed by atoms with van der Waals surface area (Å²) in [5.41, 5.74) is 1.06. The molecule has 0 radical (unpaired) electrons. The van der Waals surface area contributed by atoms with E-state index in [1.54, 1.807) is 12.4 Å². The highest BCUT2D eigenvalue weighted by Crippen LogP contribution is 2.24. The average molecular weight is 186 g/mol. The minimum atomic E-state index is 0.194. The summed E-state index contributed by atoms with van der Waals surface area (Å²) >= 11 is 5.91. The van der Waals surface area contributed by atoms with E-state index in [4.69, 9.17) is 16.7 Å². The molecule has 0 aliphatic rings. The van der Waals surface area contributed by atoms with Gasteiger partial charge in [-0.1, -0.05) is 18.5 Å². The molecule has 12 heavy (non-hydrogen) atoms. The number of aliphatic hydroxyl groups is 1. The Morgan fingerprint density at radius 1 is 1.67 bits per heavy atom. The molecule has 1 N–H and O–H groups in total. The number of halogens is 1. The van der Waals surface area contributed by atoms with Crippen LogP contribution in [0.5, 0.6) is 0 Å². The highest BCUT2D eigenvalue weighted by Gasteiger charge is 2.07. The van der Waals surface area contributed by atoms with Gasteiger partial charge < -0.3 is 5.11 Å². The quantitative estimate of drug-likeness (QED) is 0.784. The molecule has 1 aromatic rings. The Morgan fingerprint density at radius 2 is 2.42 bits per heavy atom. The predicted molar refractivity (Wildman–Crippen MR) is 49.4 cm³/mol. The Labute approximate surface area is 77.2 Å². The van der Waals surface area contributed by atoms with Crippen molar-refractivity contribution in [1.29, 1.82) is 0 Å². The lowest BCUT2D eigenvalue weighted by molar-refractivity contribution is 0.278. The van der Waals surface area contributed by atoms with Gasteiger partial charge >= 0.3 is 0 Å². The van der Waals surface area contributed by atoms with Gasteiger partial charge in [0.25, 0.3) is 0 Å². The fourth-order valence-electron chi connectivity index (χ4n) is 1.13. The molecule has 1 unspecified atom stereocenters. The number of hydrogen-bond donors (Lipinski definition) is 1. The monoisotopic (exact) mass is 185 g/mol. The molecule has 2 nitrogen and oxygen atoms in total. The fourth-order valence-corrected chi connectivity index (χ4v) is 1.44. The Morgan fingerprint density at radius 3 is 3.00 bits per heavy atom. The molecule has 1 rings (SSSR count). The fraction of sp³-hybridized carbons (Fsp3) is 0.444. The standard InChI is InChI=1S/C9H12ClNO/c1-7(3-5-12)8-2-4-11-6-9(8)10/h2,4,6-7,12H,3,5H2,1H3. The lowest BCUT2D eigenvalue weighted by Gasteiger charge is -2.10. The van der Waals surface area contributed by atoms with Crippen molar-refractivity contribution in [2.24, 2.45) is 0 Å². The van der Waals surface area contributed by atoms with Gasteiger partial charge in [-0.05, 0) is 24.0 Å². The highest BCUT2D eigenvalue weighted by atomic mass is 35.5. The maximum Gasteiger partial charge on any atom is 0.0624 e. The largest absolute Gasteiger partial charge is 0.396 e. The van der Waals surface area contributed by atoms with Crippen molar-refractivity contribution in [1.82, 2.24) is 4.98 Å². The van der Waals surface area contributed by atoms with Crippen molar-refractivity contribution in [3.8, 4) is 0 Å². The summed E-state index contributed by atoms with van der Waals surface area (Å²) in [4.78, 5) is 3.89. The maximum absolute atomic E-state index is 8.73. The molecule has 0 amide bonds. The molecule has 0 aliphatic heterocycles. The second kappa shape index (κ2) is 4.43. The molecule has 0 saturated heterocycles.